The molecule has 6 nitrogen and oxygen atoms in total. The predicted octanol–water partition coefficient (Wildman–Crippen LogP) is 1.37. The van der Waals surface area contributed by atoms with Crippen molar-refractivity contribution in [3.8, 4) is 5.69 Å². The summed E-state index contributed by atoms with van der Waals surface area (Å²) in [6.07, 6.45) is 8.71. The summed E-state index contributed by atoms with van der Waals surface area (Å²) in [4.78, 5) is 21.1. The second kappa shape index (κ2) is 5.18. The lowest BCUT2D eigenvalue weighted by atomic mass is 10.4. The summed E-state index contributed by atoms with van der Waals surface area (Å²) in [5.74, 6) is -0.0384. The number of aromatic nitrogens is 4. The number of hydrogen-bond donors (Lipinski definition) is 0. The zero-order valence-corrected chi connectivity index (χ0v) is 11.2. The molecule has 18 heavy (non-hydrogen) atoms. The molecule has 0 aliphatic heterocycles. The molecule has 2 heterocycles. The van der Waals surface area contributed by atoms with Crippen LogP contribution in [0.1, 0.15) is 6.92 Å². The molecule has 0 saturated heterocycles. The molecular weight excluding hydrogens is 250 g/mol. The first-order valence-corrected chi connectivity index (χ1v) is 6.49. The Bertz CT molecular complexity index is 551. The number of carbonyl (C=O) groups is 1. The van der Waals surface area contributed by atoms with Gasteiger partial charge in [-0.2, -0.15) is 5.10 Å². The van der Waals surface area contributed by atoms with Crippen LogP contribution in [0.2, 0.25) is 0 Å². The molecule has 0 aliphatic rings. The Labute approximate surface area is 109 Å². The van der Waals surface area contributed by atoms with E-state index in [2.05, 4.69) is 15.1 Å². The van der Waals surface area contributed by atoms with Gasteiger partial charge in [-0.25, -0.2) is 14.6 Å². The predicted molar refractivity (Wildman–Crippen MR) is 70.0 cm³/mol. The highest BCUT2D eigenvalue weighted by Gasteiger charge is 2.09. The van der Waals surface area contributed by atoms with Crippen LogP contribution in [0.25, 0.3) is 5.69 Å². The highest BCUT2D eigenvalue weighted by Crippen LogP contribution is 2.15. The molecular formula is C11H13N5OS. The zero-order valence-electron chi connectivity index (χ0n) is 10.4. The first kappa shape index (κ1) is 12.6. The van der Waals surface area contributed by atoms with Crippen LogP contribution in [0.3, 0.4) is 0 Å². The molecule has 1 amide bonds. The van der Waals surface area contributed by atoms with Crippen LogP contribution in [-0.4, -0.2) is 39.0 Å². The summed E-state index contributed by atoms with van der Waals surface area (Å²) in [7, 11) is 1.71. The van der Waals surface area contributed by atoms with Gasteiger partial charge in [-0.3, -0.25) is 4.79 Å². The monoisotopic (exact) mass is 263 g/mol. The normalized spacial score (nSPS) is 10.4. The Morgan fingerprint density at radius 3 is 2.56 bits per heavy atom. The second-order valence-electron chi connectivity index (χ2n) is 3.65. The molecule has 0 N–H and O–H groups in total. The lowest BCUT2D eigenvalue weighted by Gasteiger charge is -2.10. The van der Waals surface area contributed by atoms with Crippen molar-refractivity contribution >= 4 is 23.4 Å². The standard InChI is InChI=1S/C11H13N5OS/c1-8(17)15(2)10-6-14-16(7-10)9-4-12-11(18-3)13-5-9/h4-7H,1-3H3. The van der Waals surface area contributed by atoms with E-state index in [1.165, 1.54) is 23.6 Å². The van der Waals surface area contributed by atoms with Crippen LogP contribution < -0.4 is 4.90 Å². The van der Waals surface area contributed by atoms with Crippen molar-refractivity contribution in [3.05, 3.63) is 24.8 Å². The van der Waals surface area contributed by atoms with Crippen molar-refractivity contribution < 1.29 is 4.79 Å². The summed E-state index contributed by atoms with van der Waals surface area (Å²) < 4.78 is 1.64. The van der Waals surface area contributed by atoms with Gasteiger partial charge >= 0.3 is 0 Å². The first-order chi connectivity index (χ1) is 8.61. The van der Waals surface area contributed by atoms with Gasteiger partial charge in [0, 0.05) is 14.0 Å². The van der Waals surface area contributed by atoms with Gasteiger partial charge in [-0.15, -0.1) is 0 Å². The number of carbonyl (C=O) groups excluding carboxylic acids is 1. The zero-order chi connectivity index (χ0) is 13.1. The average Bonchev–Trinajstić information content (AvgIpc) is 2.87. The van der Waals surface area contributed by atoms with Gasteiger partial charge in [-0.1, -0.05) is 11.8 Å². The van der Waals surface area contributed by atoms with E-state index < -0.39 is 0 Å². The Kier molecular flexibility index (Phi) is 3.61. The van der Waals surface area contributed by atoms with Gasteiger partial charge in [0.1, 0.15) is 5.69 Å². The summed E-state index contributed by atoms with van der Waals surface area (Å²) in [6.45, 7) is 1.51. The van der Waals surface area contributed by atoms with Gasteiger partial charge in [0.2, 0.25) is 5.91 Å². The SMILES string of the molecule is CSc1ncc(-n2cc(N(C)C(C)=O)cn2)cn1. The largest absolute Gasteiger partial charge is 0.313 e. The van der Waals surface area contributed by atoms with Crippen LogP contribution in [0.15, 0.2) is 29.9 Å². The fraction of sp³-hybridized carbons (Fsp3) is 0.273. The Morgan fingerprint density at radius 1 is 1.33 bits per heavy atom. The molecule has 94 valence electrons. The smallest absolute Gasteiger partial charge is 0.223 e. The molecule has 7 heteroatoms. The fourth-order valence-electron chi connectivity index (χ4n) is 1.34. The molecule has 0 fully saturated rings. The molecule has 2 aromatic rings. The number of anilines is 1. The minimum atomic E-state index is -0.0384. The molecule has 0 aromatic carbocycles. The average molecular weight is 263 g/mol. The third kappa shape index (κ3) is 2.51. The minimum absolute atomic E-state index is 0.0384. The lowest BCUT2D eigenvalue weighted by Crippen LogP contribution is -2.22. The number of rotatable bonds is 3. The van der Waals surface area contributed by atoms with Gasteiger partial charge in [0.25, 0.3) is 0 Å². The molecule has 0 aliphatic carbocycles. The summed E-state index contributed by atoms with van der Waals surface area (Å²) >= 11 is 1.48. The molecule has 0 bridgehead atoms. The molecule has 0 spiro atoms. The Balaban J connectivity index is 2.26. The van der Waals surface area contributed by atoms with Gasteiger partial charge in [0.15, 0.2) is 5.16 Å². The van der Waals surface area contributed by atoms with Gasteiger partial charge in [-0.05, 0) is 6.26 Å². The van der Waals surface area contributed by atoms with E-state index in [9.17, 15) is 4.79 Å². The quantitative estimate of drug-likeness (QED) is 0.618. The van der Waals surface area contributed by atoms with Crippen LogP contribution in [0, 0.1) is 0 Å². The minimum Gasteiger partial charge on any atom is -0.313 e. The van der Waals surface area contributed by atoms with E-state index in [1.54, 1.807) is 36.5 Å². The van der Waals surface area contributed by atoms with Crippen LogP contribution >= 0.6 is 11.8 Å². The number of amides is 1. The van der Waals surface area contributed by atoms with Crippen molar-refractivity contribution in [1.29, 1.82) is 0 Å². The highest BCUT2D eigenvalue weighted by atomic mass is 32.2. The van der Waals surface area contributed by atoms with E-state index in [4.69, 9.17) is 0 Å². The van der Waals surface area contributed by atoms with Crippen molar-refractivity contribution in [1.82, 2.24) is 19.7 Å². The third-order valence-corrected chi connectivity index (χ3v) is 3.07. The molecule has 0 saturated carbocycles. The second-order valence-corrected chi connectivity index (χ2v) is 4.42. The van der Waals surface area contributed by atoms with Crippen molar-refractivity contribution in [2.45, 2.75) is 12.1 Å². The lowest BCUT2D eigenvalue weighted by molar-refractivity contribution is -0.116. The van der Waals surface area contributed by atoms with Gasteiger partial charge in [0.05, 0.1) is 30.5 Å². The van der Waals surface area contributed by atoms with Crippen molar-refractivity contribution in [2.24, 2.45) is 0 Å². The Morgan fingerprint density at radius 2 is 2.00 bits per heavy atom. The third-order valence-electron chi connectivity index (χ3n) is 2.49. The topological polar surface area (TPSA) is 63.9 Å². The van der Waals surface area contributed by atoms with Crippen LogP contribution in [-0.2, 0) is 4.79 Å². The maximum atomic E-state index is 11.2. The maximum absolute atomic E-state index is 11.2. The van der Waals surface area contributed by atoms with Gasteiger partial charge < -0.3 is 4.90 Å². The number of hydrogen-bond acceptors (Lipinski definition) is 5. The summed E-state index contributed by atoms with van der Waals surface area (Å²) in [6, 6.07) is 0. The van der Waals surface area contributed by atoms with Crippen molar-refractivity contribution in [2.75, 3.05) is 18.2 Å². The highest BCUT2D eigenvalue weighted by molar-refractivity contribution is 7.98. The number of nitrogens with zero attached hydrogens (tertiary/aromatic N) is 5. The summed E-state index contributed by atoms with van der Waals surface area (Å²) in [5, 5.41) is 4.90. The first-order valence-electron chi connectivity index (χ1n) is 5.27. The van der Waals surface area contributed by atoms with Crippen molar-refractivity contribution in [3.63, 3.8) is 0 Å². The molecule has 0 radical (unpaired) electrons. The molecule has 0 atom stereocenters. The number of thioether (sulfide) groups is 1. The van der Waals surface area contributed by atoms with E-state index in [0.29, 0.717) is 5.16 Å². The van der Waals surface area contributed by atoms with E-state index in [1.807, 2.05) is 6.26 Å². The van der Waals surface area contributed by atoms with Crippen LogP contribution in [0.5, 0.6) is 0 Å². The molecule has 2 aromatic heterocycles. The van der Waals surface area contributed by atoms with Crippen LogP contribution in [0.4, 0.5) is 5.69 Å². The van der Waals surface area contributed by atoms with E-state index >= 15 is 0 Å². The molecule has 0 unspecified atom stereocenters. The maximum Gasteiger partial charge on any atom is 0.223 e. The Hall–Kier alpha value is -1.89. The fourth-order valence-corrected chi connectivity index (χ4v) is 1.66. The van der Waals surface area contributed by atoms with E-state index in [-0.39, 0.29) is 5.91 Å². The molecule has 2 rings (SSSR count). The van der Waals surface area contributed by atoms with E-state index in [0.717, 1.165) is 11.4 Å². The summed E-state index contributed by atoms with van der Waals surface area (Å²) in [5.41, 5.74) is 1.49.